The van der Waals surface area contributed by atoms with Gasteiger partial charge in [0.05, 0.1) is 0 Å². The first kappa shape index (κ1) is 7.69. The molecule has 2 N–H and O–H groups in total. The van der Waals surface area contributed by atoms with Crippen molar-refractivity contribution in [1.29, 1.82) is 0 Å². The average Bonchev–Trinajstić information content (AvgIpc) is 2.05. The lowest BCUT2D eigenvalue weighted by atomic mass is 10.1. The second-order valence-electron chi connectivity index (χ2n) is 2.67. The number of nitrogens with zero attached hydrogens (tertiary/aromatic N) is 1. The Bertz CT molecular complexity index is 110. The van der Waals surface area contributed by atoms with Crippen LogP contribution in [0.1, 0.15) is 19.3 Å². The maximum atomic E-state index is 9.24. The first-order valence-corrected chi connectivity index (χ1v) is 3.79. The fourth-order valence-corrected chi connectivity index (χ4v) is 1.29. The van der Waals surface area contributed by atoms with E-state index in [0.29, 0.717) is 0 Å². The smallest absolute Gasteiger partial charge is 0.317 e. The summed E-state index contributed by atoms with van der Waals surface area (Å²) < 4.78 is 0. The van der Waals surface area contributed by atoms with E-state index in [9.17, 15) is 5.11 Å². The summed E-state index contributed by atoms with van der Waals surface area (Å²) in [5.74, 6) is 0. The van der Waals surface area contributed by atoms with Gasteiger partial charge in [0.1, 0.15) is 6.72 Å². The van der Waals surface area contributed by atoms with Crippen LogP contribution in [0, 0.1) is 0 Å². The molecule has 0 radical (unpaired) electrons. The van der Waals surface area contributed by atoms with E-state index in [0.717, 1.165) is 13.1 Å². The molecule has 10 heavy (non-hydrogen) atoms. The molecule has 1 rings (SSSR count). The van der Waals surface area contributed by atoms with E-state index < -0.39 is 6.35 Å². The number of hydrogen-bond donors (Lipinski definition) is 2. The van der Waals surface area contributed by atoms with Gasteiger partial charge in [0.25, 0.3) is 0 Å². The Morgan fingerprint density at radius 3 is 2.40 bits per heavy atom. The molecule has 1 unspecified atom stereocenters. The monoisotopic (exact) mass is 143 g/mol. The van der Waals surface area contributed by atoms with Gasteiger partial charge in [-0.1, -0.05) is 6.42 Å². The third-order valence-corrected chi connectivity index (χ3v) is 1.92. The van der Waals surface area contributed by atoms with Crippen molar-refractivity contribution in [2.75, 3.05) is 13.1 Å². The van der Waals surface area contributed by atoms with E-state index in [4.69, 9.17) is 0 Å². The van der Waals surface area contributed by atoms with E-state index in [-0.39, 0.29) is 0 Å². The van der Waals surface area contributed by atoms with Crippen molar-refractivity contribution in [2.24, 2.45) is 0 Å². The zero-order valence-electron chi connectivity index (χ0n) is 6.21. The summed E-state index contributed by atoms with van der Waals surface area (Å²) in [6.45, 7) is 5.40. The number of likely N-dealkylation sites (tertiary alicyclic amines) is 1. The molecule has 0 bridgehead atoms. The Labute approximate surface area is 61.4 Å². The highest BCUT2D eigenvalue weighted by molar-refractivity contribution is 5.12. The third kappa shape index (κ3) is 1.78. The number of nitrogens with one attached hydrogen (secondary N) is 1. The molecule has 3 heteroatoms. The van der Waals surface area contributed by atoms with Crippen LogP contribution in [0.15, 0.2) is 0 Å². The van der Waals surface area contributed by atoms with Gasteiger partial charge in [-0.25, -0.2) is 9.89 Å². The normalized spacial score (nSPS) is 24.1. The molecule has 1 atom stereocenters. The van der Waals surface area contributed by atoms with Crippen LogP contribution in [0.5, 0.6) is 0 Å². The maximum Gasteiger partial charge on any atom is 0.317 e. The number of hydrogen-bond acceptors (Lipinski definition) is 2. The van der Waals surface area contributed by atoms with Crippen molar-refractivity contribution in [1.82, 2.24) is 4.90 Å². The third-order valence-electron chi connectivity index (χ3n) is 1.92. The van der Waals surface area contributed by atoms with E-state index >= 15 is 0 Å². The minimum atomic E-state index is -0.541. The first-order valence-electron chi connectivity index (χ1n) is 3.79. The molecule has 0 aromatic heterocycles. The van der Waals surface area contributed by atoms with E-state index in [1.807, 2.05) is 4.90 Å². The Morgan fingerprint density at radius 2 is 1.90 bits per heavy atom. The molecule has 1 fully saturated rings. The van der Waals surface area contributed by atoms with Crippen LogP contribution in [0.2, 0.25) is 0 Å². The number of piperidine rings is 1. The lowest BCUT2D eigenvalue weighted by Gasteiger charge is -2.24. The van der Waals surface area contributed by atoms with Crippen molar-refractivity contribution >= 4 is 6.72 Å². The second-order valence-corrected chi connectivity index (χ2v) is 2.67. The highest BCUT2D eigenvalue weighted by atomic mass is 16.3. The Hall–Kier alpha value is -0.410. The van der Waals surface area contributed by atoms with Gasteiger partial charge in [0.15, 0.2) is 0 Å². The van der Waals surface area contributed by atoms with Gasteiger partial charge in [-0.2, -0.15) is 0 Å². The van der Waals surface area contributed by atoms with Crippen molar-refractivity contribution in [3.63, 3.8) is 0 Å². The molecule has 1 saturated heterocycles. The van der Waals surface area contributed by atoms with Gasteiger partial charge >= 0.3 is 6.35 Å². The minimum absolute atomic E-state index is 0.541. The lowest BCUT2D eigenvalue weighted by Crippen LogP contribution is -2.79. The predicted octanol–water partition coefficient (Wildman–Crippen LogP) is -1.47. The fourth-order valence-electron chi connectivity index (χ4n) is 1.29. The topological polar surface area (TPSA) is 37.4 Å². The number of rotatable bonds is 2. The van der Waals surface area contributed by atoms with Crippen molar-refractivity contribution in [2.45, 2.75) is 25.6 Å². The largest absolute Gasteiger partial charge is 0.324 e. The van der Waals surface area contributed by atoms with Crippen LogP contribution < -0.4 is 4.99 Å². The maximum absolute atomic E-state index is 9.24. The summed E-state index contributed by atoms with van der Waals surface area (Å²) in [5, 5.41) is 9.24. The zero-order valence-corrected chi connectivity index (χ0v) is 6.21. The molecule has 1 aliphatic heterocycles. The molecule has 0 amide bonds. The Morgan fingerprint density at radius 1 is 1.30 bits per heavy atom. The van der Waals surface area contributed by atoms with Crippen LogP contribution in [0.25, 0.3) is 0 Å². The highest BCUT2D eigenvalue weighted by Crippen LogP contribution is 2.07. The lowest BCUT2D eigenvalue weighted by molar-refractivity contribution is -0.582. The highest BCUT2D eigenvalue weighted by Gasteiger charge is 2.19. The average molecular weight is 143 g/mol. The second kappa shape index (κ2) is 3.68. The summed E-state index contributed by atoms with van der Waals surface area (Å²) in [6.07, 6.45) is 3.14. The summed E-state index contributed by atoms with van der Waals surface area (Å²) >= 11 is 0. The first-order chi connectivity index (χ1) is 4.84. The summed E-state index contributed by atoms with van der Waals surface area (Å²) in [5.41, 5.74) is 0. The Balaban J connectivity index is 2.30. The zero-order chi connectivity index (χ0) is 7.40. The summed E-state index contributed by atoms with van der Waals surface area (Å²) in [7, 11) is 0. The van der Waals surface area contributed by atoms with Gasteiger partial charge < -0.3 is 5.11 Å². The standard InChI is InChI=1S/C7H14N2O/c1-8-7(10)9-5-3-2-4-6-9/h7,10H,1-6H2/p+1. The molecule has 3 nitrogen and oxygen atoms in total. The molecule has 0 spiro atoms. The summed E-state index contributed by atoms with van der Waals surface area (Å²) in [4.78, 5) is 4.56. The number of aliphatic hydroxyl groups excluding tert-OH is 1. The molecule has 0 saturated carbocycles. The molecule has 0 aliphatic carbocycles. The van der Waals surface area contributed by atoms with Crippen molar-refractivity contribution in [3.8, 4) is 0 Å². The van der Waals surface area contributed by atoms with Gasteiger partial charge in [-0.3, -0.25) is 0 Å². The molecule has 1 heterocycles. The number of aliphatic hydroxyl groups is 1. The van der Waals surface area contributed by atoms with E-state index in [1.54, 1.807) is 0 Å². The van der Waals surface area contributed by atoms with Crippen molar-refractivity contribution in [3.05, 3.63) is 0 Å². The molecular weight excluding hydrogens is 128 g/mol. The van der Waals surface area contributed by atoms with E-state index in [2.05, 4.69) is 11.7 Å². The summed E-state index contributed by atoms with van der Waals surface area (Å²) in [6, 6.07) is 0. The van der Waals surface area contributed by atoms with Crippen LogP contribution >= 0.6 is 0 Å². The van der Waals surface area contributed by atoms with Crippen molar-refractivity contribution < 1.29 is 10.1 Å². The van der Waals surface area contributed by atoms with Gasteiger partial charge in [-0.05, 0) is 12.8 Å². The van der Waals surface area contributed by atoms with Crippen LogP contribution in [-0.2, 0) is 0 Å². The molecule has 58 valence electrons. The predicted molar refractivity (Wildman–Crippen MR) is 39.5 cm³/mol. The quantitative estimate of drug-likeness (QED) is 0.366. The van der Waals surface area contributed by atoms with Crippen LogP contribution in [0.3, 0.4) is 0 Å². The SMILES string of the molecule is C=[NH+]C(O)N1CCCCC1. The van der Waals surface area contributed by atoms with Gasteiger partial charge in [0.2, 0.25) is 0 Å². The molecule has 0 aromatic carbocycles. The molecule has 0 aromatic rings. The Kier molecular flexibility index (Phi) is 2.83. The van der Waals surface area contributed by atoms with Gasteiger partial charge in [-0.15, -0.1) is 0 Å². The fraction of sp³-hybridized carbons (Fsp3) is 0.857. The van der Waals surface area contributed by atoms with Crippen LogP contribution in [0.4, 0.5) is 0 Å². The minimum Gasteiger partial charge on any atom is -0.324 e. The molecule has 1 aliphatic rings. The molecular formula is C7H15N2O+. The van der Waals surface area contributed by atoms with Crippen LogP contribution in [-0.4, -0.2) is 36.2 Å². The van der Waals surface area contributed by atoms with Gasteiger partial charge in [0, 0.05) is 13.1 Å². The van der Waals surface area contributed by atoms with E-state index in [1.165, 1.54) is 19.3 Å².